The number of hydrogen-bond acceptors (Lipinski definition) is 9. The lowest BCUT2D eigenvalue weighted by molar-refractivity contribution is -0.151. The van der Waals surface area contributed by atoms with Crippen molar-refractivity contribution in [3.8, 4) is 0 Å². The van der Waals surface area contributed by atoms with Crippen LogP contribution >= 0.6 is 11.3 Å². The highest BCUT2D eigenvalue weighted by molar-refractivity contribution is 7.19. The van der Waals surface area contributed by atoms with Gasteiger partial charge in [0.15, 0.2) is 0 Å². The second-order valence-electron chi connectivity index (χ2n) is 10.6. The molecule has 5 atom stereocenters. The Morgan fingerprint density at radius 2 is 1.62 bits per heavy atom. The maximum absolute atomic E-state index is 11.9. The Kier molecular flexibility index (Phi) is 11.8. The quantitative estimate of drug-likeness (QED) is 0.141. The van der Waals surface area contributed by atoms with E-state index < -0.39 is 49.5 Å². The second kappa shape index (κ2) is 14.5. The Morgan fingerprint density at radius 1 is 0.973 bits per heavy atom. The minimum atomic E-state index is -1.22. The van der Waals surface area contributed by atoms with E-state index in [1.807, 2.05) is 30.3 Å². The minimum absolute atomic E-state index is 0.00172. The summed E-state index contributed by atoms with van der Waals surface area (Å²) >= 11 is 1.59. The van der Waals surface area contributed by atoms with E-state index in [0.717, 1.165) is 40.6 Å². The Balaban J connectivity index is 1.36. The van der Waals surface area contributed by atoms with Crippen molar-refractivity contribution in [1.29, 1.82) is 0 Å². The molecule has 1 unspecified atom stereocenters. The van der Waals surface area contributed by atoms with E-state index in [9.17, 15) is 35.4 Å². The first-order valence-corrected chi connectivity index (χ1v) is 14.1. The van der Waals surface area contributed by atoms with E-state index in [0.29, 0.717) is 25.7 Å². The number of fused-ring (bicyclic) bond motifs is 1. The van der Waals surface area contributed by atoms with Crippen molar-refractivity contribution < 1.29 is 40.2 Å². The molecule has 1 aromatic carbocycles. The molecule has 208 valence electrons. The molecule has 1 aliphatic carbocycles. The lowest BCUT2D eigenvalue weighted by atomic mass is 9.84. The molecule has 0 bridgehead atoms. The molecule has 1 heterocycles. The van der Waals surface area contributed by atoms with Gasteiger partial charge < -0.3 is 35.4 Å². The maximum atomic E-state index is 11.9. The van der Waals surface area contributed by atoms with Crippen molar-refractivity contribution in [2.75, 3.05) is 26.4 Å². The number of aliphatic hydroxyl groups excluding tert-OH is 6. The molecule has 1 aromatic heterocycles. The molecule has 0 radical (unpaired) electrons. The number of aliphatic hydroxyl groups is 6. The van der Waals surface area contributed by atoms with Crippen molar-refractivity contribution in [2.24, 2.45) is 17.3 Å². The number of esters is 1. The number of benzene rings is 1. The topological polar surface area (TPSA) is 148 Å². The molecule has 0 saturated heterocycles. The second-order valence-corrected chi connectivity index (χ2v) is 11.7. The van der Waals surface area contributed by atoms with Gasteiger partial charge in [-0.05, 0) is 61.5 Å². The number of ether oxygens (including phenoxy) is 1. The van der Waals surface area contributed by atoms with Gasteiger partial charge in [0.25, 0.3) is 0 Å². The SMILES string of the molecule is O=C(CCCCCC[C@@H]1C(CC[C@@H](O)c2cc3ccccc3s2)[C@H](O)C[C@@H]1O)OCC(CO)(CO)CO. The number of carbonyl (C=O) groups excluding carboxylic acids is 1. The predicted molar refractivity (Wildman–Crippen MR) is 142 cm³/mol. The summed E-state index contributed by atoms with van der Waals surface area (Å²) in [7, 11) is 0. The number of thiophene rings is 1. The van der Waals surface area contributed by atoms with Crippen LogP contribution < -0.4 is 0 Å². The van der Waals surface area contributed by atoms with Gasteiger partial charge >= 0.3 is 5.97 Å². The monoisotopic (exact) mass is 538 g/mol. The van der Waals surface area contributed by atoms with Crippen LogP contribution in [0.25, 0.3) is 10.1 Å². The summed E-state index contributed by atoms with van der Waals surface area (Å²) < 4.78 is 6.25. The normalized spacial score (nSPS) is 23.0. The van der Waals surface area contributed by atoms with Gasteiger partial charge in [0.2, 0.25) is 0 Å². The molecule has 1 saturated carbocycles. The first kappa shape index (κ1) is 30.0. The maximum Gasteiger partial charge on any atom is 0.305 e. The van der Waals surface area contributed by atoms with Crippen LogP contribution in [0.3, 0.4) is 0 Å². The summed E-state index contributed by atoms with van der Waals surface area (Å²) in [5.74, 6) is -0.469. The van der Waals surface area contributed by atoms with E-state index in [4.69, 9.17) is 4.74 Å². The Labute approximate surface area is 222 Å². The highest BCUT2D eigenvalue weighted by atomic mass is 32.1. The molecule has 6 N–H and O–H groups in total. The fourth-order valence-corrected chi connectivity index (χ4v) is 6.32. The van der Waals surface area contributed by atoms with E-state index in [-0.39, 0.29) is 24.9 Å². The number of hydrogen-bond donors (Lipinski definition) is 6. The van der Waals surface area contributed by atoms with Gasteiger partial charge in [0.1, 0.15) is 6.61 Å². The summed E-state index contributed by atoms with van der Waals surface area (Å²) in [6.45, 7) is -1.64. The Bertz CT molecular complexity index is 917. The van der Waals surface area contributed by atoms with Gasteiger partial charge in [-0.2, -0.15) is 0 Å². The summed E-state index contributed by atoms with van der Waals surface area (Å²) in [5, 5.41) is 60.8. The van der Waals surface area contributed by atoms with Crippen LogP contribution in [0.2, 0.25) is 0 Å². The van der Waals surface area contributed by atoms with Crippen LogP contribution in [0.1, 0.15) is 68.8 Å². The third-order valence-electron chi connectivity index (χ3n) is 7.78. The molecule has 0 aliphatic heterocycles. The molecular formula is C28H42O8S. The zero-order valence-electron chi connectivity index (χ0n) is 21.4. The Hall–Kier alpha value is -1.59. The lowest BCUT2D eigenvalue weighted by Gasteiger charge is -2.26. The van der Waals surface area contributed by atoms with Gasteiger partial charge in [0.05, 0.1) is 43.5 Å². The molecular weight excluding hydrogens is 496 g/mol. The molecule has 2 aromatic rings. The van der Waals surface area contributed by atoms with Crippen molar-refractivity contribution in [3.05, 3.63) is 35.2 Å². The van der Waals surface area contributed by atoms with Crippen molar-refractivity contribution in [3.63, 3.8) is 0 Å². The van der Waals surface area contributed by atoms with Crippen LogP contribution in [-0.4, -0.2) is 75.2 Å². The predicted octanol–water partition coefficient (Wildman–Crippen LogP) is 2.92. The van der Waals surface area contributed by atoms with Gasteiger partial charge in [-0.15, -0.1) is 11.3 Å². The lowest BCUT2D eigenvalue weighted by Crippen LogP contribution is -2.39. The third-order valence-corrected chi connectivity index (χ3v) is 9.00. The van der Waals surface area contributed by atoms with Crippen LogP contribution in [0, 0.1) is 17.3 Å². The minimum Gasteiger partial charge on any atom is -0.465 e. The number of carbonyl (C=O) groups is 1. The van der Waals surface area contributed by atoms with Crippen molar-refractivity contribution in [2.45, 2.75) is 76.1 Å². The number of rotatable bonds is 16. The average molecular weight is 539 g/mol. The standard InChI is InChI=1S/C28H42O8S/c29-15-28(16-30,17-31)18-36-27(35)10-4-2-1-3-8-20-21(24(34)14-23(20)33)11-12-22(32)26-13-19-7-5-6-9-25(19)37-26/h5-7,9,13,20-24,29-34H,1-4,8,10-12,14-18H2/t20-,21?,22-,23+,24-/m1/s1. The van der Waals surface area contributed by atoms with Gasteiger partial charge in [-0.3, -0.25) is 4.79 Å². The van der Waals surface area contributed by atoms with Gasteiger partial charge in [0, 0.05) is 16.0 Å². The van der Waals surface area contributed by atoms with Crippen LogP contribution in [-0.2, 0) is 9.53 Å². The molecule has 9 heteroatoms. The van der Waals surface area contributed by atoms with E-state index in [1.165, 1.54) is 0 Å². The fraction of sp³-hybridized carbons (Fsp3) is 0.679. The van der Waals surface area contributed by atoms with Gasteiger partial charge in [-0.1, -0.05) is 37.5 Å². The zero-order chi connectivity index (χ0) is 26.8. The molecule has 1 fully saturated rings. The first-order chi connectivity index (χ1) is 17.8. The van der Waals surface area contributed by atoms with E-state index >= 15 is 0 Å². The molecule has 0 amide bonds. The summed E-state index contributed by atoms with van der Waals surface area (Å²) in [5.41, 5.74) is -1.22. The summed E-state index contributed by atoms with van der Waals surface area (Å²) in [6.07, 6.45) is 4.13. The molecule has 1 aliphatic rings. The summed E-state index contributed by atoms with van der Waals surface area (Å²) in [4.78, 5) is 12.9. The van der Waals surface area contributed by atoms with Crippen LogP contribution in [0.15, 0.2) is 30.3 Å². The van der Waals surface area contributed by atoms with E-state index in [2.05, 4.69) is 0 Å². The summed E-state index contributed by atoms with van der Waals surface area (Å²) in [6, 6.07) is 10.1. The number of unbranched alkanes of at least 4 members (excludes halogenated alkanes) is 3. The van der Waals surface area contributed by atoms with E-state index in [1.54, 1.807) is 11.3 Å². The first-order valence-electron chi connectivity index (χ1n) is 13.3. The van der Waals surface area contributed by atoms with Crippen LogP contribution in [0.4, 0.5) is 0 Å². The van der Waals surface area contributed by atoms with Crippen molar-refractivity contribution in [1.82, 2.24) is 0 Å². The molecule has 0 spiro atoms. The Morgan fingerprint density at radius 3 is 2.30 bits per heavy atom. The highest BCUT2D eigenvalue weighted by Crippen LogP contribution is 2.41. The largest absolute Gasteiger partial charge is 0.465 e. The molecule has 3 rings (SSSR count). The fourth-order valence-electron chi connectivity index (χ4n) is 5.24. The average Bonchev–Trinajstić information content (AvgIpc) is 3.46. The molecule has 8 nitrogen and oxygen atoms in total. The smallest absolute Gasteiger partial charge is 0.305 e. The van der Waals surface area contributed by atoms with Crippen molar-refractivity contribution >= 4 is 27.4 Å². The van der Waals surface area contributed by atoms with Crippen LogP contribution in [0.5, 0.6) is 0 Å². The third kappa shape index (κ3) is 8.20. The van der Waals surface area contributed by atoms with Gasteiger partial charge in [-0.25, -0.2) is 0 Å². The zero-order valence-corrected chi connectivity index (χ0v) is 22.2. The molecule has 37 heavy (non-hydrogen) atoms. The highest BCUT2D eigenvalue weighted by Gasteiger charge is 2.41.